The second-order valence-electron chi connectivity index (χ2n) is 9.19. The average molecular weight is 457 g/mol. The fraction of sp³-hybridized carbons (Fsp3) is 0.500. The number of morpholine rings is 1. The van der Waals surface area contributed by atoms with Crippen molar-refractivity contribution in [1.82, 2.24) is 9.80 Å². The molecule has 0 aromatic heterocycles. The molecule has 1 aliphatic heterocycles. The van der Waals surface area contributed by atoms with Crippen molar-refractivity contribution in [3.05, 3.63) is 65.5 Å². The zero-order chi connectivity index (χ0) is 23.2. The van der Waals surface area contributed by atoms with E-state index in [9.17, 15) is 14.3 Å². The van der Waals surface area contributed by atoms with Crippen molar-refractivity contribution in [2.24, 2.45) is 5.92 Å². The third-order valence-corrected chi connectivity index (χ3v) is 6.13. The molecule has 1 aliphatic carbocycles. The first kappa shape index (κ1) is 23.7. The van der Waals surface area contributed by atoms with E-state index in [0.29, 0.717) is 43.5 Å². The van der Waals surface area contributed by atoms with Crippen LogP contribution < -0.4 is 4.74 Å². The van der Waals surface area contributed by atoms with Crippen molar-refractivity contribution >= 4 is 5.91 Å². The molecule has 7 heteroatoms. The molecule has 2 aromatic rings. The van der Waals surface area contributed by atoms with Gasteiger partial charge in [0.25, 0.3) is 5.91 Å². The normalized spacial score (nSPS) is 19.8. The SMILES string of the molecule is Cc1ccc(C(=O)N(CC2CC2)CC2CN(CC(O)COc3ccc(F)cc3)CCO2)cc1. The Morgan fingerprint density at radius 1 is 1.18 bits per heavy atom. The van der Waals surface area contributed by atoms with Crippen LogP contribution in [0.2, 0.25) is 0 Å². The van der Waals surface area contributed by atoms with Gasteiger partial charge in [-0.2, -0.15) is 0 Å². The van der Waals surface area contributed by atoms with Crippen LogP contribution in [-0.2, 0) is 4.74 Å². The lowest BCUT2D eigenvalue weighted by Gasteiger charge is -2.36. The van der Waals surface area contributed by atoms with Gasteiger partial charge in [-0.25, -0.2) is 4.39 Å². The van der Waals surface area contributed by atoms with Crippen LogP contribution in [0.3, 0.4) is 0 Å². The number of ether oxygens (including phenoxy) is 2. The fourth-order valence-corrected chi connectivity index (χ4v) is 4.11. The van der Waals surface area contributed by atoms with Crippen LogP contribution in [-0.4, -0.2) is 79.0 Å². The second-order valence-corrected chi connectivity index (χ2v) is 9.19. The molecular weight excluding hydrogens is 423 g/mol. The minimum Gasteiger partial charge on any atom is -0.491 e. The van der Waals surface area contributed by atoms with E-state index in [0.717, 1.165) is 18.7 Å². The van der Waals surface area contributed by atoms with Crippen molar-refractivity contribution in [2.45, 2.75) is 32.0 Å². The summed E-state index contributed by atoms with van der Waals surface area (Å²) < 4.78 is 24.6. The summed E-state index contributed by atoms with van der Waals surface area (Å²) >= 11 is 0. The summed E-state index contributed by atoms with van der Waals surface area (Å²) in [5, 5.41) is 10.4. The molecular formula is C26H33FN2O4. The Labute approximate surface area is 194 Å². The highest BCUT2D eigenvalue weighted by molar-refractivity contribution is 5.94. The van der Waals surface area contributed by atoms with Gasteiger partial charge in [0.1, 0.15) is 24.3 Å². The molecule has 4 rings (SSSR count). The van der Waals surface area contributed by atoms with Gasteiger partial charge < -0.3 is 19.5 Å². The van der Waals surface area contributed by atoms with Gasteiger partial charge in [-0.3, -0.25) is 9.69 Å². The van der Waals surface area contributed by atoms with E-state index in [2.05, 4.69) is 4.90 Å². The molecule has 2 aromatic carbocycles. The van der Waals surface area contributed by atoms with E-state index >= 15 is 0 Å². The first-order valence-corrected chi connectivity index (χ1v) is 11.7. The standard InChI is InChI=1S/C26H33FN2O4/c1-19-2-6-21(7-3-19)26(31)29(14-20-4-5-20)17-25-16-28(12-13-32-25)15-23(30)18-33-24-10-8-22(27)9-11-24/h2-3,6-11,20,23,25,30H,4-5,12-18H2,1H3. The molecule has 1 N–H and O–H groups in total. The van der Waals surface area contributed by atoms with Gasteiger partial charge in [0, 0.05) is 38.3 Å². The lowest BCUT2D eigenvalue weighted by molar-refractivity contribution is -0.0538. The number of hydrogen-bond acceptors (Lipinski definition) is 5. The molecule has 178 valence electrons. The number of amides is 1. The summed E-state index contributed by atoms with van der Waals surface area (Å²) in [6.07, 6.45) is 1.58. The summed E-state index contributed by atoms with van der Waals surface area (Å²) in [5.41, 5.74) is 1.84. The predicted octanol–water partition coefficient (Wildman–Crippen LogP) is 3.13. The third kappa shape index (κ3) is 7.25. The monoisotopic (exact) mass is 456 g/mol. The number of rotatable bonds is 10. The summed E-state index contributed by atoms with van der Waals surface area (Å²) in [5.74, 6) is 0.847. The van der Waals surface area contributed by atoms with Crippen molar-refractivity contribution in [2.75, 3.05) is 45.9 Å². The van der Waals surface area contributed by atoms with E-state index in [-0.39, 0.29) is 24.4 Å². The van der Waals surface area contributed by atoms with Gasteiger partial charge in [0.2, 0.25) is 0 Å². The first-order valence-electron chi connectivity index (χ1n) is 11.7. The third-order valence-electron chi connectivity index (χ3n) is 6.13. The van der Waals surface area contributed by atoms with Gasteiger partial charge in [-0.05, 0) is 62.1 Å². The lowest BCUT2D eigenvalue weighted by atomic mass is 10.1. The van der Waals surface area contributed by atoms with Crippen LogP contribution in [0.4, 0.5) is 4.39 Å². The zero-order valence-electron chi connectivity index (χ0n) is 19.2. The predicted molar refractivity (Wildman–Crippen MR) is 124 cm³/mol. The Morgan fingerprint density at radius 2 is 1.91 bits per heavy atom. The molecule has 2 aliphatic rings. The Hall–Kier alpha value is -2.48. The van der Waals surface area contributed by atoms with Crippen LogP contribution in [0.5, 0.6) is 5.75 Å². The van der Waals surface area contributed by atoms with Crippen LogP contribution in [0.25, 0.3) is 0 Å². The largest absolute Gasteiger partial charge is 0.491 e. The molecule has 6 nitrogen and oxygen atoms in total. The van der Waals surface area contributed by atoms with E-state index in [1.165, 1.54) is 25.0 Å². The molecule has 1 saturated carbocycles. The maximum absolute atomic E-state index is 13.2. The number of benzene rings is 2. The maximum Gasteiger partial charge on any atom is 0.253 e. The molecule has 1 saturated heterocycles. The Morgan fingerprint density at radius 3 is 2.61 bits per heavy atom. The minimum absolute atomic E-state index is 0.0513. The molecule has 1 heterocycles. The molecule has 33 heavy (non-hydrogen) atoms. The highest BCUT2D eigenvalue weighted by atomic mass is 19.1. The van der Waals surface area contributed by atoms with Crippen LogP contribution in [0.15, 0.2) is 48.5 Å². The number of hydrogen-bond donors (Lipinski definition) is 1. The van der Waals surface area contributed by atoms with Crippen molar-refractivity contribution in [3.63, 3.8) is 0 Å². The Balaban J connectivity index is 1.29. The summed E-state index contributed by atoms with van der Waals surface area (Å²) in [4.78, 5) is 17.3. The summed E-state index contributed by atoms with van der Waals surface area (Å²) in [6.45, 7) is 5.84. The van der Waals surface area contributed by atoms with Gasteiger partial charge >= 0.3 is 0 Å². The smallest absolute Gasteiger partial charge is 0.253 e. The number of aliphatic hydroxyl groups is 1. The van der Waals surface area contributed by atoms with Gasteiger partial charge in [0.15, 0.2) is 0 Å². The van der Waals surface area contributed by atoms with Crippen LogP contribution in [0, 0.1) is 18.7 Å². The van der Waals surface area contributed by atoms with E-state index in [4.69, 9.17) is 9.47 Å². The molecule has 0 spiro atoms. The zero-order valence-corrected chi connectivity index (χ0v) is 19.2. The van der Waals surface area contributed by atoms with Gasteiger partial charge in [0.05, 0.1) is 12.7 Å². The Kier molecular flexibility index (Phi) is 7.96. The average Bonchev–Trinajstić information content (AvgIpc) is 3.63. The first-order chi connectivity index (χ1) is 16.0. The highest BCUT2D eigenvalue weighted by Gasteiger charge is 2.31. The molecule has 2 unspecified atom stereocenters. The van der Waals surface area contributed by atoms with Crippen molar-refractivity contribution < 1.29 is 23.8 Å². The quantitative estimate of drug-likeness (QED) is 0.595. The minimum atomic E-state index is -0.675. The van der Waals surface area contributed by atoms with E-state index < -0.39 is 6.10 Å². The summed E-state index contributed by atoms with van der Waals surface area (Å²) in [7, 11) is 0. The Bertz CT molecular complexity index is 902. The highest BCUT2D eigenvalue weighted by Crippen LogP contribution is 2.30. The molecule has 2 atom stereocenters. The molecule has 2 fully saturated rings. The number of halogens is 1. The fourth-order valence-electron chi connectivity index (χ4n) is 4.11. The number of aliphatic hydroxyl groups excluding tert-OH is 1. The van der Waals surface area contributed by atoms with Crippen molar-refractivity contribution in [1.29, 1.82) is 0 Å². The van der Waals surface area contributed by atoms with Crippen LogP contribution in [0.1, 0.15) is 28.8 Å². The van der Waals surface area contributed by atoms with Gasteiger partial charge in [-0.15, -0.1) is 0 Å². The van der Waals surface area contributed by atoms with Crippen LogP contribution >= 0.6 is 0 Å². The second kappa shape index (κ2) is 11.1. The van der Waals surface area contributed by atoms with E-state index in [1.807, 2.05) is 36.1 Å². The van der Waals surface area contributed by atoms with Gasteiger partial charge in [-0.1, -0.05) is 17.7 Å². The lowest BCUT2D eigenvalue weighted by Crippen LogP contribution is -2.51. The van der Waals surface area contributed by atoms with E-state index in [1.54, 1.807) is 12.1 Å². The number of nitrogens with zero attached hydrogens (tertiary/aromatic N) is 2. The molecule has 0 bridgehead atoms. The summed E-state index contributed by atoms with van der Waals surface area (Å²) in [6, 6.07) is 13.5. The number of carbonyl (C=O) groups excluding carboxylic acids is 1. The maximum atomic E-state index is 13.2. The van der Waals surface area contributed by atoms with Crippen molar-refractivity contribution in [3.8, 4) is 5.75 Å². The number of β-amino-alcohol motifs (C(OH)–C–C–N with tert-alkyl or cyclic N) is 1. The molecule has 0 radical (unpaired) electrons. The number of carbonyl (C=O) groups is 1. The molecule has 1 amide bonds. The topological polar surface area (TPSA) is 62.2 Å². The number of aryl methyl sites for hydroxylation is 1.